The maximum absolute atomic E-state index is 12.1. The fraction of sp³-hybridized carbons (Fsp3) is 0.500. The maximum atomic E-state index is 12.1. The van der Waals surface area contributed by atoms with E-state index in [0.717, 1.165) is 37.7 Å². The Morgan fingerprint density at radius 1 is 1.30 bits per heavy atom. The Morgan fingerprint density at radius 3 is 2.55 bits per heavy atom. The van der Waals surface area contributed by atoms with Gasteiger partial charge in [-0.05, 0) is 24.5 Å². The molecule has 6 nitrogen and oxygen atoms in total. The predicted octanol–water partition coefficient (Wildman–Crippen LogP) is 1.06. The number of nitrogens with two attached hydrogens (primary N) is 1. The molecule has 1 fully saturated rings. The summed E-state index contributed by atoms with van der Waals surface area (Å²) in [6.45, 7) is 0.310. The number of carboxylic acids is 1. The minimum absolute atomic E-state index is 0.0114. The summed E-state index contributed by atoms with van der Waals surface area (Å²) in [5, 5.41) is 11.6. The van der Waals surface area contributed by atoms with Crippen LogP contribution in [0.3, 0.4) is 0 Å². The molecule has 0 spiro atoms. The molecule has 6 heteroatoms. The van der Waals surface area contributed by atoms with E-state index in [1.807, 2.05) is 0 Å². The summed E-state index contributed by atoms with van der Waals surface area (Å²) in [5.74, 6) is -1.21. The highest BCUT2D eigenvalue weighted by atomic mass is 16.4. The second-order valence-corrected chi connectivity index (χ2v) is 5.26. The van der Waals surface area contributed by atoms with Crippen molar-refractivity contribution in [1.82, 2.24) is 10.3 Å². The van der Waals surface area contributed by atoms with Gasteiger partial charge in [-0.15, -0.1) is 0 Å². The molecule has 0 aliphatic heterocycles. The zero-order valence-electron chi connectivity index (χ0n) is 11.3. The molecule has 1 amide bonds. The summed E-state index contributed by atoms with van der Waals surface area (Å²) in [6.07, 6.45) is 5.99. The molecular weight excluding hydrogens is 258 g/mol. The quantitative estimate of drug-likeness (QED) is 0.763. The largest absolute Gasteiger partial charge is 0.477 e. The molecule has 4 N–H and O–H groups in total. The van der Waals surface area contributed by atoms with Crippen LogP contribution in [0.4, 0.5) is 0 Å². The number of aromatic nitrogens is 1. The minimum atomic E-state index is -1.07. The van der Waals surface area contributed by atoms with Crippen LogP contribution in [0.2, 0.25) is 0 Å². The van der Waals surface area contributed by atoms with Gasteiger partial charge in [-0.2, -0.15) is 0 Å². The number of nitrogens with one attached hydrogen (secondary N) is 1. The van der Waals surface area contributed by atoms with Gasteiger partial charge in [0, 0.05) is 12.7 Å². The number of carbonyl (C=O) groups is 2. The van der Waals surface area contributed by atoms with Crippen LogP contribution in [0, 0.1) is 0 Å². The van der Waals surface area contributed by atoms with E-state index in [0.29, 0.717) is 6.54 Å². The molecule has 2 rings (SSSR count). The number of amides is 1. The van der Waals surface area contributed by atoms with E-state index in [4.69, 9.17) is 10.8 Å². The summed E-state index contributed by atoms with van der Waals surface area (Å²) in [6, 6.07) is 3.06. The van der Waals surface area contributed by atoms with Crippen molar-refractivity contribution < 1.29 is 14.7 Å². The zero-order chi connectivity index (χ0) is 14.6. The third kappa shape index (κ3) is 3.33. The Morgan fingerprint density at radius 2 is 2.00 bits per heavy atom. The number of carboxylic acid groups (broad SMARTS) is 1. The summed E-state index contributed by atoms with van der Waals surface area (Å²) in [7, 11) is 0. The molecule has 1 aromatic rings. The standard InChI is InChI=1S/C14H19N3O3/c15-14(6-2-1-3-7-14)13(20)17-9-10-4-5-11(12(18)19)16-8-10/h4-5,8H,1-3,6-7,9,15H2,(H,17,20)(H,18,19). The average Bonchev–Trinajstić information content (AvgIpc) is 2.46. The van der Waals surface area contributed by atoms with Crippen LogP contribution in [0.5, 0.6) is 0 Å². The fourth-order valence-electron chi connectivity index (χ4n) is 2.42. The Bertz CT molecular complexity index is 493. The van der Waals surface area contributed by atoms with E-state index in [-0.39, 0.29) is 11.6 Å². The smallest absolute Gasteiger partial charge is 0.354 e. The molecule has 0 saturated heterocycles. The van der Waals surface area contributed by atoms with Gasteiger partial charge < -0.3 is 16.2 Å². The normalized spacial score (nSPS) is 17.4. The topological polar surface area (TPSA) is 105 Å². The van der Waals surface area contributed by atoms with Crippen LogP contribution >= 0.6 is 0 Å². The van der Waals surface area contributed by atoms with Crippen molar-refractivity contribution in [2.75, 3.05) is 0 Å². The van der Waals surface area contributed by atoms with Crippen molar-refractivity contribution in [3.05, 3.63) is 29.6 Å². The Kier molecular flexibility index (Phi) is 4.34. The van der Waals surface area contributed by atoms with Gasteiger partial charge >= 0.3 is 5.97 Å². The molecule has 0 bridgehead atoms. The van der Waals surface area contributed by atoms with E-state index in [2.05, 4.69) is 10.3 Å². The Labute approximate surface area is 117 Å². The zero-order valence-corrected chi connectivity index (χ0v) is 11.3. The van der Waals surface area contributed by atoms with Gasteiger partial charge in [-0.3, -0.25) is 4.79 Å². The molecule has 1 aromatic heterocycles. The van der Waals surface area contributed by atoms with Crippen molar-refractivity contribution in [1.29, 1.82) is 0 Å². The lowest BCUT2D eigenvalue weighted by atomic mass is 9.82. The molecule has 108 valence electrons. The molecule has 0 radical (unpaired) electrons. The molecule has 20 heavy (non-hydrogen) atoms. The number of nitrogens with zero attached hydrogens (tertiary/aromatic N) is 1. The fourth-order valence-corrected chi connectivity index (χ4v) is 2.42. The van der Waals surface area contributed by atoms with Gasteiger partial charge in [0.25, 0.3) is 0 Å². The second-order valence-electron chi connectivity index (χ2n) is 5.26. The molecule has 1 heterocycles. The maximum Gasteiger partial charge on any atom is 0.354 e. The highest BCUT2D eigenvalue weighted by Gasteiger charge is 2.34. The van der Waals surface area contributed by atoms with Crippen molar-refractivity contribution in [3.8, 4) is 0 Å². The van der Waals surface area contributed by atoms with Crippen LogP contribution in [0.15, 0.2) is 18.3 Å². The van der Waals surface area contributed by atoms with E-state index >= 15 is 0 Å². The first-order valence-corrected chi connectivity index (χ1v) is 6.77. The Balaban J connectivity index is 1.91. The molecule has 0 unspecified atom stereocenters. The van der Waals surface area contributed by atoms with Gasteiger partial charge in [0.1, 0.15) is 5.69 Å². The monoisotopic (exact) mass is 277 g/mol. The average molecular weight is 277 g/mol. The van der Waals surface area contributed by atoms with Crippen molar-refractivity contribution in [2.45, 2.75) is 44.2 Å². The lowest BCUT2D eigenvalue weighted by molar-refractivity contribution is -0.127. The third-order valence-corrected chi connectivity index (χ3v) is 3.69. The third-order valence-electron chi connectivity index (χ3n) is 3.69. The molecule has 1 aliphatic rings. The van der Waals surface area contributed by atoms with E-state index in [1.54, 1.807) is 6.07 Å². The molecular formula is C14H19N3O3. The molecule has 0 aromatic carbocycles. The minimum Gasteiger partial charge on any atom is -0.477 e. The highest BCUT2D eigenvalue weighted by molar-refractivity contribution is 5.86. The summed E-state index contributed by atoms with van der Waals surface area (Å²) in [4.78, 5) is 26.6. The van der Waals surface area contributed by atoms with Gasteiger partial charge in [0.15, 0.2) is 0 Å². The number of hydrogen-bond acceptors (Lipinski definition) is 4. The summed E-state index contributed by atoms with van der Waals surface area (Å²) < 4.78 is 0. The summed E-state index contributed by atoms with van der Waals surface area (Å²) >= 11 is 0. The lowest BCUT2D eigenvalue weighted by Crippen LogP contribution is -2.54. The SMILES string of the molecule is NC1(C(=O)NCc2ccc(C(=O)O)nc2)CCCCC1. The number of aromatic carboxylic acids is 1. The first-order chi connectivity index (χ1) is 9.51. The van der Waals surface area contributed by atoms with Crippen LogP contribution in [-0.2, 0) is 11.3 Å². The first kappa shape index (κ1) is 14.5. The summed E-state index contributed by atoms with van der Waals surface area (Å²) in [5.41, 5.74) is 6.11. The molecule has 1 saturated carbocycles. The van der Waals surface area contributed by atoms with Crippen LogP contribution in [0.1, 0.15) is 48.2 Å². The number of pyridine rings is 1. The number of rotatable bonds is 4. The predicted molar refractivity (Wildman–Crippen MR) is 73.0 cm³/mol. The second kappa shape index (κ2) is 6.00. The van der Waals surface area contributed by atoms with Crippen molar-refractivity contribution >= 4 is 11.9 Å². The van der Waals surface area contributed by atoms with Crippen molar-refractivity contribution in [2.24, 2.45) is 5.73 Å². The van der Waals surface area contributed by atoms with Gasteiger partial charge in [-0.25, -0.2) is 9.78 Å². The molecule has 1 aliphatic carbocycles. The Hall–Kier alpha value is -1.95. The number of carbonyl (C=O) groups excluding carboxylic acids is 1. The van der Waals surface area contributed by atoms with E-state index < -0.39 is 11.5 Å². The molecule has 0 atom stereocenters. The van der Waals surface area contributed by atoms with Crippen molar-refractivity contribution in [3.63, 3.8) is 0 Å². The van der Waals surface area contributed by atoms with Gasteiger partial charge in [-0.1, -0.05) is 25.3 Å². The highest BCUT2D eigenvalue weighted by Crippen LogP contribution is 2.25. The van der Waals surface area contributed by atoms with Crippen LogP contribution in [0.25, 0.3) is 0 Å². The van der Waals surface area contributed by atoms with Gasteiger partial charge in [0.05, 0.1) is 5.54 Å². The van der Waals surface area contributed by atoms with E-state index in [9.17, 15) is 9.59 Å². The van der Waals surface area contributed by atoms with E-state index in [1.165, 1.54) is 12.3 Å². The first-order valence-electron chi connectivity index (χ1n) is 6.77. The van der Waals surface area contributed by atoms with Crippen LogP contribution in [-0.4, -0.2) is 27.5 Å². The number of hydrogen-bond donors (Lipinski definition) is 3. The van der Waals surface area contributed by atoms with Crippen LogP contribution < -0.4 is 11.1 Å². The van der Waals surface area contributed by atoms with Gasteiger partial charge in [0.2, 0.25) is 5.91 Å². The lowest BCUT2D eigenvalue weighted by Gasteiger charge is -2.31.